The van der Waals surface area contributed by atoms with Crippen LogP contribution in [0, 0.1) is 5.41 Å². The quantitative estimate of drug-likeness (QED) is 0.791. The van der Waals surface area contributed by atoms with E-state index in [1.165, 1.54) is 16.7 Å². The first-order valence-corrected chi connectivity index (χ1v) is 8.22. The molecule has 0 N–H and O–H groups in total. The van der Waals surface area contributed by atoms with Gasteiger partial charge in [0.25, 0.3) is 0 Å². The molecule has 112 valence electrons. The van der Waals surface area contributed by atoms with E-state index in [1.54, 1.807) is 0 Å². The number of hydrogen-bond acceptors (Lipinski definition) is 2. The molecule has 2 aromatic rings. The maximum atomic E-state index is 6.46. The van der Waals surface area contributed by atoms with E-state index in [2.05, 4.69) is 54.6 Å². The van der Waals surface area contributed by atoms with Gasteiger partial charge in [-0.2, -0.15) is 0 Å². The highest BCUT2D eigenvalue weighted by atomic mass is 16.5. The summed E-state index contributed by atoms with van der Waals surface area (Å²) in [5.74, 6) is 0. The van der Waals surface area contributed by atoms with E-state index in [1.807, 2.05) is 0 Å². The third-order valence-corrected chi connectivity index (χ3v) is 5.97. The maximum Gasteiger partial charge on any atom is 0.104 e. The zero-order valence-electron chi connectivity index (χ0n) is 12.6. The van der Waals surface area contributed by atoms with Crippen molar-refractivity contribution in [1.82, 2.24) is 0 Å². The molecule has 2 heterocycles. The smallest absolute Gasteiger partial charge is 0.104 e. The van der Waals surface area contributed by atoms with Gasteiger partial charge in [0.05, 0.1) is 12.7 Å². The van der Waals surface area contributed by atoms with Crippen LogP contribution in [-0.4, -0.2) is 13.2 Å². The SMILES string of the molecule is c1ccc([C@H]2C[C@]34OCC[C@@]3(CO2)Cc2ccccc24)cc1. The lowest BCUT2D eigenvalue weighted by Crippen LogP contribution is -2.48. The van der Waals surface area contributed by atoms with Gasteiger partial charge in [0, 0.05) is 18.4 Å². The van der Waals surface area contributed by atoms with E-state index >= 15 is 0 Å². The molecule has 22 heavy (non-hydrogen) atoms. The third kappa shape index (κ3) is 1.52. The van der Waals surface area contributed by atoms with Gasteiger partial charge in [-0.3, -0.25) is 0 Å². The molecular weight excluding hydrogens is 272 g/mol. The largest absolute Gasteiger partial charge is 0.373 e. The Morgan fingerprint density at radius 1 is 0.955 bits per heavy atom. The van der Waals surface area contributed by atoms with Gasteiger partial charge >= 0.3 is 0 Å². The minimum atomic E-state index is -0.137. The van der Waals surface area contributed by atoms with E-state index in [9.17, 15) is 0 Å². The van der Waals surface area contributed by atoms with Crippen molar-refractivity contribution in [1.29, 1.82) is 0 Å². The van der Waals surface area contributed by atoms with E-state index < -0.39 is 0 Å². The molecule has 0 bridgehead atoms. The molecule has 0 aromatic heterocycles. The van der Waals surface area contributed by atoms with Crippen LogP contribution in [0.4, 0.5) is 0 Å². The Hall–Kier alpha value is -1.64. The molecule has 2 aliphatic heterocycles. The zero-order chi connectivity index (χ0) is 14.6. The molecule has 1 aliphatic carbocycles. The van der Waals surface area contributed by atoms with Crippen LogP contribution in [0.1, 0.15) is 35.6 Å². The van der Waals surface area contributed by atoms with Gasteiger partial charge in [0.2, 0.25) is 0 Å². The molecule has 2 aromatic carbocycles. The summed E-state index contributed by atoms with van der Waals surface area (Å²) < 4.78 is 12.8. The molecule has 3 aliphatic rings. The summed E-state index contributed by atoms with van der Waals surface area (Å²) in [5.41, 5.74) is 4.16. The first-order chi connectivity index (χ1) is 10.8. The van der Waals surface area contributed by atoms with Crippen molar-refractivity contribution in [2.45, 2.75) is 31.0 Å². The molecule has 2 fully saturated rings. The fourth-order valence-electron chi connectivity index (χ4n) is 4.89. The van der Waals surface area contributed by atoms with Gasteiger partial charge < -0.3 is 9.47 Å². The number of rotatable bonds is 1. The molecule has 0 saturated carbocycles. The number of benzene rings is 2. The second kappa shape index (κ2) is 4.43. The second-order valence-corrected chi connectivity index (χ2v) is 6.95. The molecule has 0 radical (unpaired) electrons. The van der Waals surface area contributed by atoms with E-state index in [0.717, 1.165) is 32.5 Å². The van der Waals surface area contributed by atoms with Crippen molar-refractivity contribution in [3.8, 4) is 0 Å². The Bertz CT molecular complexity index is 711. The molecule has 2 nitrogen and oxygen atoms in total. The molecular formula is C20H20O2. The molecule has 2 heteroatoms. The summed E-state index contributed by atoms with van der Waals surface area (Å²) in [5, 5.41) is 0. The topological polar surface area (TPSA) is 18.5 Å². The summed E-state index contributed by atoms with van der Waals surface area (Å²) in [6.45, 7) is 1.67. The minimum absolute atomic E-state index is 0.137. The highest BCUT2D eigenvalue weighted by molar-refractivity contribution is 5.44. The molecule has 0 unspecified atom stereocenters. The molecule has 0 spiro atoms. The summed E-state index contributed by atoms with van der Waals surface area (Å²) in [6, 6.07) is 19.4. The van der Waals surface area contributed by atoms with Gasteiger partial charge in [-0.15, -0.1) is 0 Å². The van der Waals surface area contributed by atoms with E-state index in [-0.39, 0.29) is 17.1 Å². The maximum absolute atomic E-state index is 6.46. The van der Waals surface area contributed by atoms with Crippen LogP contribution in [0.5, 0.6) is 0 Å². The normalized spacial score (nSPS) is 35.7. The predicted octanol–water partition coefficient (Wildman–Crippen LogP) is 4.01. The monoisotopic (exact) mass is 292 g/mol. The van der Waals surface area contributed by atoms with Gasteiger partial charge in [0.15, 0.2) is 0 Å². The fraction of sp³-hybridized carbons (Fsp3) is 0.400. The number of ether oxygens (including phenoxy) is 2. The van der Waals surface area contributed by atoms with Gasteiger partial charge in [-0.1, -0.05) is 54.6 Å². The van der Waals surface area contributed by atoms with Crippen molar-refractivity contribution in [3.05, 3.63) is 71.3 Å². The fourth-order valence-corrected chi connectivity index (χ4v) is 4.89. The average Bonchev–Trinajstić information content (AvgIpc) is 3.07. The minimum Gasteiger partial charge on any atom is -0.373 e. The van der Waals surface area contributed by atoms with E-state index in [4.69, 9.17) is 9.47 Å². The highest BCUT2D eigenvalue weighted by Crippen LogP contribution is 2.64. The van der Waals surface area contributed by atoms with Crippen LogP contribution in [0.25, 0.3) is 0 Å². The van der Waals surface area contributed by atoms with Crippen molar-refractivity contribution in [2.24, 2.45) is 5.41 Å². The Morgan fingerprint density at radius 3 is 2.68 bits per heavy atom. The highest BCUT2D eigenvalue weighted by Gasteiger charge is 2.64. The molecule has 5 rings (SSSR count). The Balaban J connectivity index is 1.61. The average molecular weight is 292 g/mol. The first kappa shape index (κ1) is 12.9. The number of fused-ring (bicyclic) bond motifs is 1. The summed E-state index contributed by atoms with van der Waals surface area (Å²) >= 11 is 0. The second-order valence-electron chi connectivity index (χ2n) is 6.95. The van der Waals surface area contributed by atoms with Crippen LogP contribution in [0.2, 0.25) is 0 Å². The Labute approximate surface area is 131 Å². The van der Waals surface area contributed by atoms with Crippen LogP contribution in [0.3, 0.4) is 0 Å². The van der Waals surface area contributed by atoms with Crippen LogP contribution >= 0.6 is 0 Å². The first-order valence-electron chi connectivity index (χ1n) is 8.22. The van der Waals surface area contributed by atoms with Crippen molar-refractivity contribution in [2.75, 3.05) is 13.2 Å². The number of hydrogen-bond donors (Lipinski definition) is 0. The lowest BCUT2D eigenvalue weighted by atomic mass is 9.68. The van der Waals surface area contributed by atoms with Crippen molar-refractivity contribution < 1.29 is 9.47 Å². The van der Waals surface area contributed by atoms with Crippen molar-refractivity contribution >= 4 is 0 Å². The van der Waals surface area contributed by atoms with E-state index in [0.29, 0.717) is 0 Å². The lowest BCUT2D eigenvalue weighted by molar-refractivity contribution is -0.176. The summed E-state index contributed by atoms with van der Waals surface area (Å²) in [7, 11) is 0. The summed E-state index contributed by atoms with van der Waals surface area (Å²) in [6.07, 6.45) is 3.29. The van der Waals surface area contributed by atoms with Gasteiger partial charge in [-0.25, -0.2) is 0 Å². The van der Waals surface area contributed by atoms with Crippen LogP contribution in [-0.2, 0) is 21.5 Å². The standard InChI is InChI=1S/C20H20O2/c1-2-6-15(7-3-1)18-13-20-17-9-5-4-8-16(17)12-19(20,14-21-18)10-11-22-20/h1-9,18H,10-14H2/t18-,19+,20-/m1/s1. The third-order valence-electron chi connectivity index (χ3n) is 5.97. The van der Waals surface area contributed by atoms with Crippen molar-refractivity contribution in [3.63, 3.8) is 0 Å². The molecule has 3 atom stereocenters. The summed E-state index contributed by atoms with van der Waals surface area (Å²) in [4.78, 5) is 0. The lowest BCUT2D eigenvalue weighted by Gasteiger charge is -2.46. The molecule has 0 amide bonds. The van der Waals surface area contributed by atoms with Gasteiger partial charge in [0.1, 0.15) is 5.60 Å². The Kier molecular flexibility index (Phi) is 2.59. The molecule has 2 saturated heterocycles. The van der Waals surface area contributed by atoms with Crippen LogP contribution in [0.15, 0.2) is 54.6 Å². The van der Waals surface area contributed by atoms with Gasteiger partial charge in [-0.05, 0) is 29.5 Å². The predicted molar refractivity (Wildman–Crippen MR) is 84.6 cm³/mol. The Morgan fingerprint density at radius 2 is 1.77 bits per heavy atom. The van der Waals surface area contributed by atoms with Crippen LogP contribution < -0.4 is 0 Å². The zero-order valence-corrected chi connectivity index (χ0v) is 12.6.